The number of nitrogens with one attached hydrogen (secondary N) is 2. The fraction of sp³-hybridized carbons (Fsp3) is 0.611. The fourth-order valence-electron chi connectivity index (χ4n) is 2.88. The summed E-state index contributed by atoms with van der Waals surface area (Å²) in [5.74, 6) is 0. The highest BCUT2D eigenvalue weighted by molar-refractivity contribution is 5.74. The van der Waals surface area contributed by atoms with E-state index in [9.17, 15) is 9.90 Å². The number of carbonyl (C=O) groups excluding carboxylic acids is 1. The molecule has 1 unspecified atom stereocenters. The van der Waals surface area contributed by atoms with Gasteiger partial charge in [0.15, 0.2) is 0 Å². The minimum atomic E-state index is -0.192. The zero-order valence-corrected chi connectivity index (χ0v) is 14.2. The Balaban J connectivity index is 1.66. The topological polar surface area (TPSA) is 64.6 Å². The summed E-state index contributed by atoms with van der Waals surface area (Å²) in [5, 5.41) is 15.4. The summed E-state index contributed by atoms with van der Waals surface area (Å²) in [6.07, 6.45) is 3.08. The SMILES string of the molecule is CC(CNC(=O)NC1CCC(O)CC1)N(C)Cc1ccccc1. The van der Waals surface area contributed by atoms with Crippen molar-refractivity contribution in [1.82, 2.24) is 15.5 Å². The smallest absolute Gasteiger partial charge is 0.315 e. The Bertz CT molecular complexity index is 472. The second kappa shape index (κ2) is 8.89. The standard InChI is InChI=1S/C18H29N3O2/c1-14(21(2)13-15-6-4-3-5-7-15)12-19-18(23)20-16-8-10-17(22)11-9-16/h3-7,14,16-17,22H,8-13H2,1-2H3,(H2,19,20,23). The molecule has 1 fully saturated rings. The molecule has 0 bridgehead atoms. The Kier molecular flexibility index (Phi) is 6.86. The van der Waals surface area contributed by atoms with E-state index in [4.69, 9.17) is 0 Å². The average Bonchev–Trinajstić information content (AvgIpc) is 2.55. The van der Waals surface area contributed by atoms with Gasteiger partial charge in [0, 0.05) is 25.2 Å². The number of carbonyl (C=O) groups is 1. The number of hydrogen-bond donors (Lipinski definition) is 3. The van der Waals surface area contributed by atoms with Crippen LogP contribution in [0.25, 0.3) is 0 Å². The number of likely N-dealkylation sites (N-methyl/N-ethyl adjacent to an activating group) is 1. The Morgan fingerprint density at radius 1 is 1.26 bits per heavy atom. The van der Waals surface area contributed by atoms with Crippen LogP contribution in [0.1, 0.15) is 38.2 Å². The van der Waals surface area contributed by atoms with Crippen molar-refractivity contribution >= 4 is 6.03 Å². The quantitative estimate of drug-likeness (QED) is 0.752. The van der Waals surface area contributed by atoms with Crippen LogP contribution in [0.15, 0.2) is 30.3 Å². The van der Waals surface area contributed by atoms with E-state index in [-0.39, 0.29) is 24.2 Å². The first-order chi connectivity index (χ1) is 11.0. The third-order valence-electron chi connectivity index (χ3n) is 4.62. The van der Waals surface area contributed by atoms with Gasteiger partial charge >= 0.3 is 6.03 Å². The molecule has 0 aliphatic heterocycles. The summed E-state index contributed by atoms with van der Waals surface area (Å²) in [6, 6.07) is 10.7. The third-order valence-corrected chi connectivity index (χ3v) is 4.62. The van der Waals surface area contributed by atoms with Crippen LogP contribution in [-0.2, 0) is 6.54 Å². The highest BCUT2D eigenvalue weighted by Crippen LogP contribution is 2.18. The number of urea groups is 1. The minimum absolute atomic E-state index is 0.105. The molecule has 1 aromatic carbocycles. The molecule has 1 atom stereocenters. The van der Waals surface area contributed by atoms with E-state index < -0.39 is 0 Å². The number of amides is 2. The molecule has 1 aromatic rings. The molecular weight excluding hydrogens is 290 g/mol. The minimum Gasteiger partial charge on any atom is -0.393 e. The molecule has 5 nitrogen and oxygen atoms in total. The van der Waals surface area contributed by atoms with E-state index in [0.29, 0.717) is 6.54 Å². The van der Waals surface area contributed by atoms with Gasteiger partial charge in [0.1, 0.15) is 0 Å². The molecule has 0 heterocycles. The lowest BCUT2D eigenvalue weighted by atomic mass is 9.93. The van der Waals surface area contributed by atoms with Crippen LogP contribution in [-0.4, -0.2) is 47.8 Å². The first-order valence-electron chi connectivity index (χ1n) is 8.51. The van der Waals surface area contributed by atoms with Gasteiger partial charge in [0.05, 0.1) is 6.10 Å². The lowest BCUT2D eigenvalue weighted by Gasteiger charge is -2.28. The van der Waals surface area contributed by atoms with Gasteiger partial charge < -0.3 is 15.7 Å². The van der Waals surface area contributed by atoms with Crippen molar-refractivity contribution in [2.45, 2.75) is 57.3 Å². The van der Waals surface area contributed by atoms with Crippen LogP contribution in [0, 0.1) is 0 Å². The largest absolute Gasteiger partial charge is 0.393 e. The number of aliphatic hydroxyl groups excluding tert-OH is 1. The Labute approximate surface area is 139 Å². The molecule has 5 heteroatoms. The van der Waals surface area contributed by atoms with E-state index in [1.807, 2.05) is 18.2 Å². The Morgan fingerprint density at radius 3 is 2.57 bits per heavy atom. The molecule has 1 saturated carbocycles. The maximum absolute atomic E-state index is 12.0. The van der Waals surface area contributed by atoms with Crippen LogP contribution >= 0.6 is 0 Å². The summed E-state index contributed by atoms with van der Waals surface area (Å²) in [4.78, 5) is 14.2. The zero-order chi connectivity index (χ0) is 16.7. The van der Waals surface area contributed by atoms with E-state index in [2.05, 4.69) is 41.6 Å². The molecule has 3 N–H and O–H groups in total. The van der Waals surface area contributed by atoms with Crippen molar-refractivity contribution < 1.29 is 9.90 Å². The third kappa shape index (κ3) is 6.20. The van der Waals surface area contributed by atoms with Gasteiger partial charge in [0.2, 0.25) is 0 Å². The summed E-state index contributed by atoms with van der Waals surface area (Å²) < 4.78 is 0. The van der Waals surface area contributed by atoms with E-state index in [1.54, 1.807) is 0 Å². The van der Waals surface area contributed by atoms with Crippen molar-refractivity contribution in [2.75, 3.05) is 13.6 Å². The highest BCUT2D eigenvalue weighted by Gasteiger charge is 2.21. The molecule has 23 heavy (non-hydrogen) atoms. The van der Waals surface area contributed by atoms with Gasteiger partial charge in [-0.15, -0.1) is 0 Å². The van der Waals surface area contributed by atoms with Crippen molar-refractivity contribution in [3.63, 3.8) is 0 Å². The van der Waals surface area contributed by atoms with Gasteiger partial charge in [-0.2, -0.15) is 0 Å². The Hall–Kier alpha value is -1.59. The van der Waals surface area contributed by atoms with Crippen molar-refractivity contribution in [3.05, 3.63) is 35.9 Å². The number of aliphatic hydroxyl groups is 1. The van der Waals surface area contributed by atoms with Crippen LogP contribution in [0.2, 0.25) is 0 Å². The molecule has 0 aromatic heterocycles. The molecule has 2 amide bonds. The molecule has 1 aliphatic carbocycles. The molecule has 1 aliphatic rings. The predicted molar refractivity (Wildman–Crippen MR) is 92.2 cm³/mol. The van der Waals surface area contributed by atoms with Gasteiger partial charge in [-0.25, -0.2) is 4.79 Å². The number of benzene rings is 1. The van der Waals surface area contributed by atoms with Gasteiger partial charge in [0.25, 0.3) is 0 Å². The second-order valence-corrected chi connectivity index (χ2v) is 6.61. The molecule has 0 saturated heterocycles. The summed E-state index contributed by atoms with van der Waals surface area (Å²) in [6.45, 7) is 3.59. The lowest BCUT2D eigenvalue weighted by molar-refractivity contribution is 0.117. The summed E-state index contributed by atoms with van der Waals surface area (Å²) >= 11 is 0. The summed E-state index contributed by atoms with van der Waals surface area (Å²) in [7, 11) is 2.07. The molecule has 2 rings (SSSR count). The maximum atomic E-state index is 12.0. The first-order valence-corrected chi connectivity index (χ1v) is 8.51. The van der Waals surface area contributed by atoms with Crippen LogP contribution < -0.4 is 10.6 Å². The van der Waals surface area contributed by atoms with Crippen LogP contribution in [0.5, 0.6) is 0 Å². The normalized spacial score (nSPS) is 22.6. The Morgan fingerprint density at radius 2 is 1.91 bits per heavy atom. The number of hydrogen-bond acceptors (Lipinski definition) is 3. The monoisotopic (exact) mass is 319 g/mol. The first kappa shape index (κ1) is 17.8. The van der Waals surface area contributed by atoms with Crippen molar-refractivity contribution in [3.8, 4) is 0 Å². The number of rotatable bonds is 6. The zero-order valence-electron chi connectivity index (χ0n) is 14.2. The number of nitrogens with zero attached hydrogens (tertiary/aromatic N) is 1. The van der Waals surface area contributed by atoms with E-state index >= 15 is 0 Å². The molecule has 0 spiro atoms. The molecule has 0 radical (unpaired) electrons. The molecule has 128 valence electrons. The fourth-order valence-corrected chi connectivity index (χ4v) is 2.88. The van der Waals surface area contributed by atoms with Crippen molar-refractivity contribution in [2.24, 2.45) is 0 Å². The summed E-state index contributed by atoms with van der Waals surface area (Å²) in [5.41, 5.74) is 1.27. The average molecular weight is 319 g/mol. The molecular formula is C18H29N3O2. The lowest BCUT2D eigenvalue weighted by Crippen LogP contribution is -2.47. The highest BCUT2D eigenvalue weighted by atomic mass is 16.3. The van der Waals surface area contributed by atoms with E-state index in [0.717, 1.165) is 32.2 Å². The predicted octanol–water partition coefficient (Wildman–Crippen LogP) is 2.11. The second-order valence-electron chi connectivity index (χ2n) is 6.61. The van der Waals surface area contributed by atoms with Gasteiger partial charge in [-0.05, 0) is 45.2 Å². The van der Waals surface area contributed by atoms with Crippen LogP contribution in [0.3, 0.4) is 0 Å². The maximum Gasteiger partial charge on any atom is 0.315 e. The van der Waals surface area contributed by atoms with E-state index in [1.165, 1.54) is 5.56 Å². The van der Waals surface area contributed by atoms with Crippen molar-refractivity contribution in [1.29, 1.82) is 0 Å². The van der Waals surface area contributed by atoms with Crippen LogP contribution in [0.4, 0.5) is 4.79 Å². The van der Waals surface area contributed by atoms with Gasteiger partial charge in [-0.3, -0.25) is 4.90 Å². The van der Waals surface area contributed by atoms with Gasteiger partial charge in [-0.1, -0.05) is 30.3 Å².